The summed E-state index contributed by atoms with van der Waals surface area (Å²) < 4.78 is 5.66. The number of fused-ring (bicyclic) bond motifs is 1. The third-order valence-corrected chi connectivity index (χ3v) is 4.13. The van der Waals surface area contributed by atoms with Gasteiger partial charge in [0.1, 0.15) is 12.4 Å². The SMILES string of the molecule is CNC(=O)c1cccc(CNC(=O)C2COc3ccccc3C2)c1. The number of amides is 2. The molecule has 1 atom stereocenters. The molecule has 0 bridgehead atoms. The standard InChI is InChI=1S/C19H20N2O3/c1-20-18(22)15-7-4-5-13(9-15)11-21-19(23)16-10-14-6-2-3-8-17(14)24-12-16/h2-9,16H,10-12H2,1H3,(H,20,22)(H,21,23). The van der Waals surface area contributed by atoms with E-state index in [1.54, 1.807) is 19.2 Å². The number of hydrogen-bond acceptors (Lipinski definition) is 3. The number of para-hydroxylation sites is 1. The van der Waals surface area contributed by atoms with Crippen molar-refractivity contribution >= 4 is 11.8 Å². The zero-order valence-electron chi connectivity index (χ0n) is 13.5. The molecule has 3 rings (SSSR count). The van der Waals surface area contributed by atoms with Crippen LogP contribution in [0.4, 0.5) is 0 Å². The molecule has 2 aromatic rings. The van der Waals surface area contributed by atoms with E-state index in [-0.39, 0.29) is 17.7 Å². The number of hydrogen-bond donors (Lipinski definition) is 2. The lowest BCUT2D eigenvalue weighted by Crippen LogP contribution is -2.37. The fourth-order valence-electron chi connectivity index (χ4n) is 2.80. The maximum atomic E-state index is 12.4. The molecule has 1 heterocycles. The van der Waals surface area contributed by atoms with Gasteiger partial charge >= 0.3 is 0 Å². The minimum Gasteiger partial charge on any atom is -0.492 e. The molecular formula is C19H20N2O3. The Kier molecular flexibility index (Phi) is 4.79. The highest BCUT2D eigenvalue weighted by Gasteiger charge is 2.25. The van der Waals surface area contributed by atoms with Gasteiger partial charge in [-0.3, -0.25) is 9.59 Å². The van der Waals surface area contributed by atoms with E-state index in [0.29, 0.717) is 25.1 Å². The van der Waals surface area contributed by atoms with Gasteiger partial charge in [0, 0.05) is 19.2 Å². The highest BCUT2D eigenvalue weighted by Crippen LogP contribution is 2.26. The van der Waals surface area contributed by atoms with E-state index in [1.807, 2.05) is 36.4 Å². The Morgan fingerprint density at radius 2 is 2.00 bits per heavy atom. The molecule has 0 fully saturated rings. The lowest BCUT2D eigenvalue weighted by molar-refractivity contribution is -0.126. The number of carbonyl (C=O) groups excluding carboxylic acids is 2. The zero-order valence-corrected chi connectivity index (χ0v) is 13.5. The lowest BCUT2D eigenvalue weighted by atomic mass is 9.96. The average molecular weight is 324 g/mol. The zero-order chi connectivity index (χ0) is 16.9. The minimum absolute atomic E-state index is 0.0325. The minimum atomic E-state index is -0.193. The van der Waals surface area contributed by atoms with Gasteiger partial charge in [0.25, 0.3) is 5.91 Å². The molecular weight excluding hydrogens is 304 g/mol. The molecule has 0 aromatic heterocycles. The quantitative estimate of drug-likeness (QED) is 0.903. The van der Waals surface area contributed by atoms with Crippen LogP contribution in [0.5, 0.6) is 5.75 Å². The molecule has 0 spiro atoms. The van der Waals surface area contributed by atoms with E-state index in [1.165, 1.54) is 0 Å². The molecule has 0 radical (unpaired) electrons. The summed E-state index contributed by atoms with van der Waals surface area (Å²) in [6, 6.07) is 15.0. The summed E-state index contributed by atoms with van der Waals surface area (Å²) >= 11 is 0. The van der Waals surface area contributed by atoms with E-state index in [9.17, 15) is 9.59 Å². The summed E-state index contributed by atoms with van der Waals surface area (Å²) in [5, 5.41) is 5.52. The molecule has 0 saturated carbocycles. The van der Waals surface area contributed by atoms with Crippen molar-refractivity contribution in [3.63, 3.8) is 0 Å². The number of rotatable bonds is 4. The maximum Gasteiger partial charge on any atom is 0.251 e. The van der Waals surface area contributed by atoms with Gasteiger partial charge in [-0.15, -0.1) is 0 Å². The van der Waals surface area contributed by atoms with Crippen molar-refractivity contribution in [2.75, 3.05) is 13.7 Å². The molecule has 5 heteroatoms. The Labute approximate surface area is 141 Å². The van der Waals surface area contributed by atoms with E-state index >= 15 is 0 Å². The predicted molar refractivity (Wildman–Crippen MR) is 90.8 cm³/mol. The first-order valence-electron chi connectivity index (χ1n) is 7.97. The fraction of sp³-hybridized carbons (Fsp3) is 0.263. The molecule has 124 valence electrons. The van der Waals surface area contributed by atoms with Crippen LogP contribution in [0.1, 0.15) is 21.5 Å². The summed E-state index contributed by atoms with van der Waals surface area (Å²) in [6.07, 6.45) is 0.681. The molecule has 2 amide bonds. The van der Waals surface area contributed by atoms with Crippen molar-refractivity contribution in [1.29, 1.82) is 0 Å². The van der Waals surface area contributed by atoms with Gasteiger partial charge in [-0.2, -0.15) is 0 Å². The van der Waals surface area contributed by atoms with Crippen LogP contribution >= 0.6 is 0 Å². The second-order valence-corrected chi connectivity index (χ2v) is 5.82. The summed E-state index contributed by atoms with van der Waals surface area (Å²) in [4.78, 5) is 24.0. The first kappa shape index (κ1) is 16.1. The highest BCUT2D eigenvalue weighted by molar-refractivity contribution is 5.94. The lowest BCUT2D eigenvalue weighted by Gasteiger charge is -2.24. The second-order valence-electron chi connectivity index (χ2n) is 5.82. The van der Waals surface area contributed by atoms with Crippen LogP contribution in [0.2, 0.25) is 0 Å². The maximum absolute atomic E-state index is 12.4. The van der Waals surface area contributed by atoms with E-state index < -0.39 is 0 Å². The summed E-state index contributed by atoms with van der Waals surface area (Å²) in [5.41, 5.74) is 2.53. The Balaban J connectivity index is 1.59. The van der Waals surface area contributed by atoms with Gasteiger partial charge in [0.15, 0.2) is 0 Å². The largest absolute Gasteiger partial charge is 0.492 e. The highest BCUT2D eigenvalue weighted by atomic mass is 16.5. The Bertz CT molecular complexity index is 758. The van der Waals surface area contributed by atoms with Crippen molar-refractivity contribution in [2.45, 2.75) is 13.0 Å². The second kappa shape index (κ2) is 7.17. The van der Waals surface area contributed by atoms with Gasteiger partial charge in [0.2, 0.25) is 5.91 Å². The van der Waals surface area contributed by atoms with Gasteiger partial charge in [-0.25, -0.2) is 0 Å². The Hall–Kier alpha value is -2.82. The molecule has 1 unspecified atom stereocenters. The van der Waals surface area contributed by atoms with Crippen LogP contribution in [0.25, 0.3) is 0 Å². The Morgan fingerprint density at radius 3 is 2.83 bits per heavy atom. The van der Waals surface area contributed by atoms with Crippen molar-refractivity contribution in [3.8, 4) is 5.75 Å². The third-order valence-electron chi connectivity index (χ3n) is 4.13. The van der Waals surface area contributed by atoms with Gasteiger partial charge in [-0.1, -0.05) is 30.3 Å². The molecule has 2 N–H and O–H groups in total. The number of ether oxygens (including phenoxy) is 1. The monoisotopic (exact) mass is 324 g/mol. The number of carbonyl (C=O) groups is 2. The third kappa shape index (κ3) is 3.56. The first-order valence-corrected chi connectivity index (χ1v) is 7.97. The molecule has 0 aliphatic carbocycles. The molecule has 1 aliphatic rings. The predicted octanol–water partition coefficient (Wildman–Crippen LogP) is 1.91. The smallest absolute Gasteiger partial charge is 0.251 e. The van der Waals surface area contributed by atoms with Crippen LogP contribution in [-0.4, -0.2) is 25.5 Å². The molecule has 0 saturated heterocycles. The topological polar surface area (TPSA) is 67.4 Å². The summed E-state index contributed by atoms with van der Waals surface area (Å²) in [5.74, 6) is 0.497. The Morgan fingerprint density at radius 1 is 1.17 bits per heavy atom. The van der Waals surface area contributed by atoms with Crippen molar-refractivity contribution < 1.29 is 14.3 Å². The van der Waals surface area contributed by atoms with E-state index in [0.717, 1.165) is 16.9 Å². The van der Waals surface area contributed by atoms with Gasteiger partial charge in [-0.05, 0) is 35.7 Å². The summed E-state index contributed by atoms with van der Waals surface area (Å²) in [6.45, 7) is 0.781. The van der Waals surface area contributed by atoms with Crippen molar-refractivity contribution in [1.82, 2.24) is 10.6 Å². The van der Waals surface area contributed by atoms with Gasteiger partial charge < -0.3 is 15.4 Å². The normalized spacial score (nSPS) is 15.8. The van der Waals surface area contributed by atoms with Gasteiger partial charge in [0.05, 0.1) is 5.92 Å². The van der Waals surface area contributed by atoms with Crippen LogP contribution in [0.3, 0.4) is 0 Å². The van der Waals surface area contributed by atoms with Crippen LogP contribution in [0, 0.1) is 5.92 Å². The van der Waals surface area contributed by atoms with Crippen molar-refractivity contribution in [3.05, 3.63) is 65.2 Å². The fourth-order valence-corrected chi connectivity index (χ4v) is 2.80. The molecule has 5 nitrogen and oxygen atoms in total. The van der Waals surface area contributed by atoms with E-state index in [2.05, 4.69) is 10.6 Å². The molecule has 1 aliphatic heterocycles. The molecule has 2 aromatic carbocycles. The molecule has 24 heavy (non-hydrogen) atoms. The number of benzene rings is 2. The number of nitrogens with one attached hydrogen (secondary N) is 2. The first-order chi connectivity index (χ1) is 11.7. The summed E-state index contributed by atoms with van der Waals surface area (Å²) in [7, 11) is 1.59. The van der Waals surface area contributed by atoms with Crippen LogP contribution in [0.15, 0.2) is 48.5 Å². The van der Waals surface area contributed by atoms with Crippen LogP contribution < -0.4 is 15.4 Å². The van der Waals surface area contributed by atoms with Crippen molar-refractivity contribution in [2.24, 2.45) is 5.92 Å². The van der Waals surface area contributed by atoms with Crippen LogP contribution in [-0.2, 0) is 17.8 Å². The average Bonchev–Trinajstić information content (AvgIpc) is 2.65. The van der Waals surface area contributed by atoms with E-state index in [4.69, 9.17) is 4.74 Å².